The predicted molar refractivity (Wildman–Crippen MR) is 84.2 cm³/mol. The van der Waals surface area contributed by atoms with Crippen LogP contribution < -0.4 is 5.32 Å². The van der Waals surface area contributed by atoms with E-state index >= 15 is 0 Å². The number of fused-ring (bicyclic) bond motifs is 1. The highest BCUT2D eigenvalue weighted by Crippen LogP contribution is 2.29. The predicted octanol–water partition coefficient (Wildman–Crippen LogP) is 0.986. The zero-order valence-electron chi connectivity index (χ0n) is 13.5. The monoisotopic (exact) mass is 319 g/mol. The first kappa shape index (κ1) is 15.1. The molecule has 7 heteroatoms. The third-order valence-corrected chi connectivity index (χ3v) is 5.41. The fraction of sp³-hybridized carbons (Fsp3) is 0.812. The maximum Gasteiger partial charge on any atom is 0.276 e. The highest BCUT2D eigenvalue weighted by molar-refractivity contribution is 5.92. The lowest BCUT2D eigenvalue weighted by atomic mass is 9.90. The molecule has 7 nitrogen and oxygen atoms in total. The van der Waals surface area contributed by atoms with Gasteiger partial charge in [-0.25, -0.2) is 4.68 Å². The summed E-state index contributed by atoms with van der Waals surface area (Å²) in [7, 11) is 0. The highest BCUT2D eigenvalue weighted by Gasteiger charge is 2.37. The molecule has 1 saturated carbocycles. The molecule has 2 aliphatic heterocycles. The number of hydrogen-bond acceptors (Lipinski definition) is 5. The molecule has 1 amide bonds. The second-order valence-electron chi connectivity index (χ2n) is 6.82. The van der Waals surface area contributed by atoms with Crippen molar-refractivity contribution < 1.29 is 9.53 Å². The molecule has 1 aromatic heterocycles. The van der Waals surface area contributed by atoms with E-state index < -0.39 is 0 Å². The van der Waals surface area contributed by atoms with Crippen LogP contribution in [0.25, 0.3) is 0 Å². The second kappa shape index (κ2) is 6.57. The Bertz CT molecular complexity index is 552. The number of piperidine rings is 1. The van der Waals surface area contributed by atoms with Crippen LogP contribution >= 0.6 is 0 Å². The molecule has 0 aromatic carbocycles. The van der Waals surface area contributed by atoms with Gasteiger partial charge in [-0.2, -0.15) is 0 Å². The van der Waals surface area contributed by atoms with Gasteiger partial charge in [0.25, 0.3) is 5.91 Å². The number of rotatable bonds is 2. The molecule has 2 saturated heterocycles. The lowest BCUT2D eigenvalue weighted by Crippen LogP contribution is -2.54. The molecule has 1 aliphatic carbocycles. The maximum absolute atomic E-state index is 12.9. The summed E-state index contributed by atoms with van der Waals surface area (Å²) in [5.41, 5.74) is 0.481. The van der Waals surface area contributed by atoms with Crippen molar-refractivity contribution >= 4 is 5.91 Å². The molecule has 0 bridgehead atoms. The van der Waals surface area contributed by atoms with Crippen LogP contribution in [-0.4, -0.2) is 64.2 Å². The minimum Gasteiger partial charge on any atom is -0.374 e. The van der Waals surface area contributed by atoms with Crippen molar-refractivity contribution in [1.82, 2.24) is 25.2 Å². The summed E-state index contributed by atoms with van der Waals surface area (Å²) in [6.07, 6.45) is 8.62. The van der Waals surface area contributed by atoms with E-state index in [-0.39, 0.29) is 18.1 Å². The van der Waals surface area contributed by atoms with Crippen LogP contribution in [-0.2, 0) is 4.74 Å². The van der Waals surface area contributed by atoms with Crippen molar-refractivity contribution in [3.8, 4) is 0 Å². The number of carbonyl (C=O) groups excluding carboxylic acids is 1. The Balaban J connectivity index is 1.48. The smallest absolute Gasteiger partial charge is 0.276 e. The van der Waals surface area contributed by atoms with E-state index in [0.717, 1.165) is 38.8 Å². The van der Waals surface area contributed by atoms with Gasteiger partial charge in [0, 0.05) is 6.54 Å². The molecule has 126 valence electrons. The minimum absolute atomic E-state index is 0.0189. The Labute approximate surface area is 136 Å². The molecular weight excluding hydrogens is 294 g/mol. The standard InChI is InChI=1S/C16H25N5O2/c22-16(20-9-10-23-15-4-2-1-3-14(15)20)13-11-21(19-18-13)12-5-7-17-8-6-12/h11-12,14-15,17H,1-10H2. The summed E-state index contributed by atoms with van der Waals surface area (Å²) < 4.78 is 7.74. The van der Waals surface area contributed by atoms with Crippen LogP contribution in [0.3, 0.4) is 0 Å². The Hall–Kier alpha value is -1.47. The molecule has 2 atom stereocenters. The van der Waals surface area contributed by atoms with Gasteiger partial charge >= 0.3 is 0 Å². The zero-order chi connectivity index (χ0) is 15.6. The van der Waals surface area contributed by atoms with Crippen LogP contribution in [0.1, 0.15) is 55.1 Å². The summed E-state index contributed by atoms with van der Waals surface area (Å²) in [6.45, 7) is 3.30. The SMILES string of the molecule is O=C(c1cn(C2CCNCC2)nn1)N1CCOC2CCCCC21. The summed E-state index contributed by atoms with van der Waals surface area (Å²) in [5.74, 6) is 0.0189. The second-order valence-corrected chi connectivity index (χ2v) is 6.82. The lowest BCUT2D eigenvalue weighted by Gasteiger charge is -2.43. The number of nitrogens with zero attached hydrogens (tertiary/aromatic N) is 4. The largest absolute Gasteiger partial charge is 0.374 e. The Morgan fingerprint density at radius 1 is 1.22 bits per heavy atom. The average molecular weight is 319 g/mol. The van der Waals surface area contributed by atoms with Crippen molar-refractivity contribution in [3.63, 3.8) is 0 Å². The van der Waals surface area contributed by atoms with Gasteiger partial charge in [-0.1, -0.05) is 18.1 Å². The van der Waals surface area contributed by atoms with Crippen molar-refractivity contribution in [2.45, 2.75) is 56.7 Å². The highest BCUT2D eigenvalue weighted by atomic mass is 16.5. The summed E-state index contributed by atoms with van der Waals surface area (Å²) in [6, 6.07) is 0.575. The van der Waals surface area contributed by atoms with Crippen molar-refractivity contribution in [2.75, 3.05) is 26.2 Å². The number of carbonyl (C=O) groups is 1. The average Bonchev–Trinajstić information content (AvgIpc) is 3.11. The van der Waals surface area contributed by atoms with Gasteiger partial charge in [0.05, 0.1) is 31.0 Å². The molecule has 3 heterocycles. The topological polar surface area (TPSA) is 72.3 Å². The van der Waals surface area contributed by atoms with Gasteiger partial charge < -0.3 is 15.0 Å². The van der Waals surface area contributed by atoms with E-state index in [1.54, 1.807) is 0 Å². The van der Waals surface area contributed by atoms with E-state index in [0.29, 0.717) is 24.9 Å². The Kier molecular flexibility index (Phi) is 4.31. The fourth-order valence-corrected chi connectivity index (χ4v) is 4.12. The number of morpholine rings is 1. The normalized spacial score (nSPS) is 29.3. The first-order chi connectivity index (χ1) is 11.3. The number of aromatic nitrogens is 3. The number of amides is 1. The fourth-order valence-electron chi connectivity index (χ4n) is 4.12. The first-order valence-electron chi connectivity index (χ1n) is 8.88. The summed E-state index contributed by atoms with van der Waals surface area (Å²) in [4.78, 5) is 14.9. The van der Waals surface area contributed by atoms with Crippen LogP contribution in [0, 0.1) is 0 Å². The quantitative estimate of drug-likeness (QED) is 0.880. The molecule has 3 aliphatic rings. The lowest BCUT2D eigenvalue weighted by molar-refractivity contribution is -0.0754. The molecule has 0 spiro atoms. The minimum atomic E-state index is 0.0189. The van der Waals surface area contributed by atoms with Crippen molar-refractivity contribution in [2.24, 2.45) is 0 Å². The van der Waals surface area contributed by atoms with Crippen LogP contribution in [0.4, 0.5) is 0 Å². The van der Waals surface area contributed by atoms with Crippen LogP contribution in [0.5, 0.6) is 0 Å². The maximum atomic E-state index is 12.9. The molecule has 3 fully saturated rings. The third kappa shape index (κ3) is 2.99. The molecule has 4 rings (SSSR count). The molecule has 23 heavy (non-hydrogen) atoms. The molecular formula is C16H25N5O2. The summed E-state index contributed by atoms with van der Waals surface area (Å²) in [5, 5.41) is 11.7. The molecule has 2 unspecified atom stereocenters. The van der Waals surface area contributed by atoms with E-state index in [2.05, 4.69) is 15.6 Å². The van der Waals surface area contributed by atoms with E-state index in [1.165, 1.54) is 12.8 Å². The number of hydrogen-bond donors (Lipinski definition) is 1. The van der Waals surface area contributed by atoms with Gasteiger partial charge in [0.15, 0.2) is 5.69 Å². The Morgan fingerprint density at radius 3 is 2.91 bits per heavy atom. The van der Waals surface area contributed by atoms with Gasteiger partial charge in [-0.05, 0) is 38.8 Å². The molecule has 1 N–H and O–H groups in total. The summed E-state index contributed by atoms with van der Waals surface area (Å²) >= 11 is 0. The van der Waals surface area contributed by atoms with Crippen LogP contribution in [0.2, 0.25) is 0 Å². The van der Waals surface area contributed by atoms with Gasteiger partial charge in [-0.3, -0.25) is 4.79 Å². The van der Waals surface area contributed by atoms with Crippen molar-refractivity contribution in [3.05, 3.63) is 11.9 Å². The zero-order valence-corrected chi connectivity index (χ0v) is 13.5. The molecule has 0 radical (unpaired) electrons. The van der Waals surface area contributed by atoms with Gasteiger partial charge in [0.1, 0.15) is 0 Å². The number of nitrogens with one attached hydrogen (secondary N) is 1. The third-order valence-electron chi connectivity index (χ3n) is 5.41. The van der Waals surface area contributed by atoms with Gasteiger partial charge in [-0.15, -0.1) is 5.10 Å². The van der Waals surface area contributed by atoms with E-state index in [4.69, 9.17) is 4.74 Å². The number of ether oxygens (including phenoxy) is 1. The molecule has 1 aromatic rings. The first-order valence-corrected chi connectivity index (χ1v) is 8.88. The van der Waals surface area contributed by atoms with E-state index in [1.807, 2.05) is 15.8 Å². The van der Waals surface area contributed by atoms with Crippen molar-refractivity contribution in [1.29, 1.82) is 0 Å². The Morgan fingerprint density at radius 2 is 2.04 bits per heavy atom. The van der Waals surface area contributed by atoms with E-state index in [9.17, 15) is 4.79 Å². The van der Waals surface area contributed by atoms with Crippen LogP contribution in [0.15, 0.2) is 6.20 Å². The van der Waals surface area contributed by atoms with Gasteiger partial charge in [0.2, 0.25) is 0 Å².